The van der Waals surface area contributed by atoms with E-state index in [0.717, 1.165) is 19.3 Å². The lowest BCUT2D eigenvalue weighted by Crippen LogP contribution is -2.46. The Morgan fingerprint density at radius 2 is 1.80 bits per heavy atom. The summed E-state index contributed by atoms with van der Waals surface area (Å²) in [6.07, 6.45) is 2.66. The SMILES string of the molecule is C=C(C)C(=O)OCCCCCN(C(=O)C=O)C(C)(C)C. The average molecular weight is 283 g/mol. The molecule has 0 aromatic heterocycles. The first-order chi connectivity index (χ1) is 9.20. The summed E-state index contributed by atoms with van der Waals surface area (Å²) in [7, 11) is 0. The molecule has 0 aliphatic carbocycles. The molecule has 20 heavy (non-hydrogen) atoms. The summed E-state index contributed by atoms with van der Waals surface area (Å²) in [6.45, 7) is 11.7. The molecule has 0 heterocycles. The van der Waals surface area contributed by atoms with Crippen LogP contribution >= 0.6 is 0 Å². The highest BCUT2D eigenvalue weighted by Crippen LogP contribution is 2.14. The first-order valence-corrected chi connectivity index (χ1v) is 6.79. The summed E-state index contributed by atoms with van der Waals surface area (Å²) in [6, 6.07) is 0. The van der Waals surface area contributed by atoms with Gasteiger partial charge in [0, 0.05) is 17.7 Å². The fourth-order valence-corrected chi connectivity index (χ4v) is 1.68. The van der Waals surface area contributed by atoms with E-state index in [0.29, 0.717) is 25.0 Å². The molecule has 1 amide bonds. The minimum Gasteiger partial charge on any atom is -0.462 e. The number of carbonyl (C=O) groups excluding carboxylic acids is 3. The predicted octanol–water partition coefficient (Wildman–Crippen LogP) is 2.10. The van der Waals surface area contributed by atoms with Crippen molar-refractivity contribution >= 4 is 18.2 Å². The Labute approximate surface area is 121 Å². The molecule has 0 spiro atoms. The van der Waals surface area contributed by atoms with Crippen LogP contribution in [0.25, 0.3) is 0 Å². The molecule has 0 bridgehead atoms. The molecule has 0 radical (unpaired) electrons. The molecule has 0 aliphatic heterocycles. The van der Waals surface area contributed by atoms with Crippen LogP contribution in [0.3, 0.4) is 0 Å². The normalized spacial score (nSPS) is 10.8. The molecule has 5 nitrogen and oxygen atoms in total. The zero-order valence-electron chi connectivity index (χ0n) is 12.9. The van der Waals surface area contributed by atoms with Gasteiger partial charge in [-0.15, -0.1) is 0 Å². The molecule has 0 rings (SSSR count). The van der Waals surface area contributed by atoms with Gasteiger partial charge < -0.3 is 9.64 Å². The van der Waals surface area contributed by atoms with Crippen molar-refractivity contribution in [3.05, 3.63) is 12.2 Å². The zero-order valence-corrected chi connectivity index (χ0v) is 12.9. The summed E-state index contributed by atoms with van der Waals surface area (Å²) in [5.41, 5.74) is 0.0187. The molecular formula is C15H25NO4. The van der Waals surface area contributed by atoms with Gasteiger partial charge in [0.1, 0.15) is 0 Å². The van der Waals surface area contributed by atoms with Crippen LogP contribution in [-0.4, -0.2) is 41.8 Å². The Hall–Kier alpha value is -1.65. The van der Waals surface area contributed by atoms with E-state index < -0.39 is 5.91 Å². The summed E-state index contributed by atoms with van der Waals surface area (Å²) in [5.74, 6) is -0.872. The van der Waals surface area contributed by atoms with Crippen LogP contribution in [0, 0.1) is 0 Å². The van der Waals surface area contributed by atoms with Crippen molar-refractivity contribution in [3.63, 3.8) is 0 Å². The monoisotopic (exact) mass is 283 g/mol. The third kappa shape index (κ3) is 7.07. The lowest BCUT2D eigenvalue weighted by Gasteiger charge is -2.34. The number of unbranched alkanes of at least 4 members (excludes halogenated alkanes) is 2. The van der Waals surface area contributed by atoms with E-state index in [1.54, 1.807) is 11.8 Å². The molecule has 0 unspecified atom stereocenters. The van der Waals surface area contributed by atoms with Crippen LogP contribution in [-0.2, 0) is 19.1 Å². The molecule has 0 atom stereocenters. The van der Waals surface area contributed by atoms with Crippen molar-refractivity contribution < 1.29 is 19.1 Å². The number of nitrogens with zero attached hydrogens (tertiary/aromatic N) is 1. The maximum Gasteiger partial charge on any atom is 0.333 e. The van der Waals surface area contributed by atoms with Gasteiger partial charge in [-0.2, -0.15) is 0 Å². The minimum absolute atomic E-state index is 0.347. The first-order valence-electron chi connectivity index (χ1n) is 6.79. The Morgan fingerprint density at radius 1 is 1.20 bits per heavy atom. The zero-order chi connectivity index (χ0) is 15.8. The van der Waals surface area contributed by atoms with Gasteiger partial charge in [-0.3, -0.25) is 9.59 Å². The van der Waals surface area contributed by atoms with Gasteiger partial charge in [0.25, 0.3) is 5.91 Å². The number of hydrogen-bond donors (Lipinski definition) is 0. The molecule has 0 saturated heterocycles. The molecule has 0 fully saturated rings. The van der Waals surface area contributed by atoms with Crippen LogP contribution in [0.15, 0.2) is 12.2 Å². The summed E-state index contributed by atoms with van der Waals surface area (Å²) < 4.78 is 4.97. The Morgan fingerprint density at radius 3 is 2.25 bits per heavy atom. The van der Waals surface area contributed by atoms with Gasteiger partial charge in [-0.05, 0) is 47.0 Å². The lowest BCUT2D eigenvalue weighted by atomic mass is 10.0. The maximum absolute atomic E-state index is 11.5. The Kier molecular flexibility index (Phi) is 7.80. The molecule has 0 aromatic carbocycles. The highest BCUT2D eigenvalue weighted by atomic mass is 16.5. The number of carbonyl (C=O) groups is 3. The quantitative estimate of drug-likeness (QED) is 0.225. The Bertz CT molecular complexity index is 369. The highest BCUT2D eigenvalue weighted by Gasteiger charge is 2.25. The average Bonchev–Trinajstić information content (AvgIpc) is 2.34. The van der Waals surface area contributed by atoms with Crippen molar-refractivity contribution in [3.8, 4) is 0 Å². The minimum atomic E-state index is -0.494. The number of hydrogen-bond acceptors (Lipinski definition) is 4. The summed E-state index contributed by atoms with van der Waals surface area (Å²) >= 11 is 0. The van der Waals surface area contributed by atoms with Gasteiger partial charge in [-0.1, -0.05) is 6.58 Å². The van der Waals surface area contributed by atoms with E-state index in [9.17, 15) is 14.4 Å². The maximum atomic E-state index is 11.5. The fraction of sp³-hybridized carbons (Fsp3) is 0.667. The largest absolute Gasteiger partial charge is 0.462 e. The second-order valence-electron chi connectivity index (χ2n) is 5.76. The number of amides is 1. The lowest BCUT2D eigenvalue weighted by molar-refractivity contribution is -0.142. The molecule has 0 aliphatic rings. The molecule has 0 N–H and O–H groups in total. The van der Waals surface area contributed by atoms with Crippen molar-refractivity contribution in [2.45, 2.75) is 52.5 Å². The van der Waals surface area contributed by atoms with Crippen molar-refractivity contribution in [1.29, 1.82) is 0 Å². The summed E-state index contributed by atoms with van der Waals surface area (Å²) in [4.78, 5) is 34.8. The number of ether oxygens (including phenoxy) is 1. The number of rotatable bonds is 8. The van der Waals surface area contributed by atoms with E-state index in [1.807, 2.05) is 20.8 Å². The molecule has 5 heteroatoms. The van der Waals surface area contributed by atoms with Crippen molar-refractivity contribution in [1.82, 2.24) is 4.90 Å². The number of aldehydes is 1. The fourth-order valence-electron chi connectivity index (χ4n) is 1.68. The van der Waals surface area contributed by atoms with E-state index in [1.165, 1.54) is 0 Å². The third-order valence-corrected chi connectivity index (χ3v) is 2.78. The first kappa shape index (κ1) is 18.4. The van der Waals surface area contributed by atoms with Crippen LogP contribution in [0.4, 0.5) is 0 Å². The van der Waals surface area contributed by atoms with Crippen molar-refractivity contribution in [2.75, 3.05) is 13.2 Å². The second-order valence-corrected chi connectivity index (χ2v) is 5.76. The summed E-state index contributed by atoms with van der Waals surface area (Å²) in [5, 5.41) is 0. The molecule has 0 saturated carbocycles. The molecule has 114 valence electrons. The topological polar surface area (TPSA) is 63.7 Å². The van der Waals surface area contributed by atoms with Gasteiger partial charge in [0.05, 0.1) is 6.61 Å². The van der Waals surface area contributed by atoms with Gasteiger partial charge in [0.2, 0.25) is 6.29 Å². The van der Waals surface area contributed by atoms with Crippen LogP contribution in [0.2, 0.25) is 0 Å². The highest BCUT2D eigenvalue weighted by molar-refractivity contribution is 6.23. The van der Waals surface area contributed by atoms with E-state index >= 15 is 0 Å². The smallest absolute Gasteiger partial charge is 0.333 e. The number of esters is 1. The van der Waals surface area contributed by atoms with Crippen molar-refractivity contribution in [2.24, 2.45) is 0 Å². The second kappa shape index (κ2) is 8.51. The van der Waals surface area contributed by atoms with Crippen LogP contribution < -0.4 is 0 Å². The Balaban J connectivity index is 3.97. The van der Waals surface area contributed by atoms with Gasteiger partial charge in [-0.25, -0.2) is 4.79 Å². The van der Waals surface area contributed by atoms with E-state index in [4.69, 9.17) is 4.74 Å². The molecule has 0 aromatic rings. The third-order valence-electron chi connectivity index (χ3n) is 2.78. The predicted molar refractivity (Wildman–Crippen MR) is 77.2 cm³/mol. The van der Waals surface area contributed by atoms with E-state index in [-0.39, 0.29) is 11.5 Å². The van der Waals surface area contributed by atoms with E-state index in [2.05, 4.69) is 6.58 Å². The van der Waals surface area contributed by atoms with Gasteiger partial charge in [0.15, 0.2) is 0 Å². The van der Waals surface area contributed by atoms with Crippen LogP contribution in [0.5, 0.6) is 0 Å². The van der Waals surface area contributed by atoms with Crippen LogP contribution in [0.1, 0.15) is 47.0 Å². The standard InChI is InChI=1S/C15H25NO4/c1-12(2)14(19)20-10-8-6-7-9-16(13(18)11-17)15(3,4)5/h11H,1,6-10H2,2-5H3. The molecular weight excluding hydrogens is 258 g/mol. The van der Waals surface area contributed by atoms with Gasteiger partial charge >= 0.3 is 5.97 Å².